The molecule has 1 aliphatic carbocycles. The van der Waals surface area contributed by atoms with E-state index in [4.69, 9.17) is 13.9 Å². The molecular weight excluding hydrogens is 242 g/mol. The lowest BCUT2D eigenvalue weighted by atomic mass is 10.2. The van der Waals surface area contributed by atoms with Crippen LogP contribution in [0.4, 0.5) is 0 Å². The molecule has 0 amide bonds. The Morgan fingerprint density at radius 3 is 2.79 bits per heavy atom. The SMILES string of the molecule is CC(C)(C)OCCOCc1ccoc1CNC1CC1. The molecule has 1 aliphatic rings. The lowest BCUT2D eigenvalue weighted by Gasteiger charge is -2.19. The summed E-state index contributed by atoms with van der Waals surface area (Å²) in [5.41, 5.74) is 1.03. The minimum atomic E-state index is -0.0989. The van der Waals surface area contributed by atoms with Crippen molar-refractivity contribution in [1.29, 1.82) is 0 Å². The molecule has 2 rings (SSSR count). The van der Waals surface area contributed by atoms with E-state index in [1.54, 1.807) is 6.26 Å². The lowest BCUT2D eigenvalue weighted by molar-refractivity contribution is -0.0378. The molecule has 0 atom stereocenters. The standard InChI is InChI=1S/C15H25NO3/c1-15(2,3)19-9-8-17-11-12-6-7-18-14(12)10-16-13-4-5-13/h6-7,13,16H,4-5,8-11H2,1-3H3. The van der Waals surface area contributed by atoms with Gasteiger partial charge in [0.15, 0.2) is 0 Å². The van der Waals surface area contributed by atoms with E-state index in [1.807, 2.05) is 26.8 Å². The summed E-state index contributed by atoms with van der Waals surface area (Å²) in [5.74, 6) is 0.989. The van der Waals surface area contributed by atoms with E-state index >= 15 is 0 Å². The molecule has 19 heavy (non-hydrogen) atoms. The fourth-order valence-corrected chi connectivity index (χ4v) is 1.76. The van der Waals surface area contributed by atoms with Gasteiger partial charge in [0.25, 0.3) is 0 Å². The van der Waals surface area contributed by atoms with Crippen molar-refractivity contribution in [3.63, 3.8) is 0 Å². The second-order valence-electron chi connectivity index (χ2n) is 6.04. The van der Waals surface area contributed by atoms with Crippen molar-refractivity contribution < 1.29 is 13.9 Å². The number of furan rings is 1. The molecule has 1 aromatic heterocycles. The summed E-state index contributed by atoms with van der Waals surface area (Å²) in [6, 6.07) is 2.67. The van der Waals surface area contributed by atoms with E-state index in [0.717, 1.165) is 17.9 Å². The van der Waals surface area contributed by atoms with E-state index in [9.17, 15) is 0 Å². The first-order valence-corrected chi connectivity index (χ1v) is 7.05. The molecule has 1 N–H and O–H groups in total. The third-order valence-corrected chi connectivity index (χ3v) is 2.99. The predicted octanol–water partition coefficient (Wildman–Crippen LogP) is 2.86. The number of rotatable bonds is 8. The Bertz CT molecular complexity index is 377. The summed E-state index contributed by atoms with van der Waals surface area (Å²) in [7, 11) is 0. The smallest absolute Gasteiger partial charge is 0.123 e. The van der Waals surface area contributed by atoms with Crippen molar-refractivity contribution in [3.05, 3.63) is 23.7 Å². The second kappa shape index (κ2) is 6.55. The Labute approximate surface area is 115 Å². The van der Waals surface area contributed by atoms with Gasteiger partial charge in [0.2, 0.25) is 0 Å². The third-order valence-electron chi connectivity index (χ3n) is 2.99. The van der Waals surface area contributed by atoms with Crippen LogP contribution in [0.1, 0.15) is 44.9 Å². The summed E-state index contributed by atoms with van der Waals surface area (Å²) in [4.78, 5) is 0. The summed E-state index contributed by atoms with van der Waals surface area (Å²) in [6.07, 6.45) is 4.31. The van der Waals surface area contributed by atoms with Gasteiger partial charge < -0.3 is 19.2 Å². The minimum absolute atomic E-state index is 0.0989. The fraction of sp³-hybridized carbons (Fsp3) is 0.733. The van der Waals surface area contributed by atoms with Gasteiger partial charge in [0, 0.05) is 11.6 Å². The van der Waals surface area contributed by atoms with E-state index in [1.165, 1.54) is 12.8 Å². The largest absolute Gasteiger partial charge is 0.468 e. The highest BCUT2D eigenvalue weighted by Gasteiger charge is 2.21. The van der Waals surface area contributed by atoms with Crippen molar-refractivity contribution in [2.45, 2.75) is 58.4 Å². The van der Waals surface area contributed by atoms with Crippen molar-refractivity contribution in [3.8, 4) is 0 Å². The molecule has 1 aromatic rings. The van der Waals surface area contributed by atoms with E-state index < -0.39 is 0 Å². The summed E-state index contributed by atoms with van der Waals surface area (Å²) >= 11 is 0. The first kappa shape index (κ1) is 14.6. The van der Waals surface area contributed by atoms with Crippen LogP contribution in [-0.2, 0) is 22.6 Å². The third kappa shape index (κ3) is 5.76. The Hall–Kier alpha value is -0.840. The van der Waals surface area contributed by atoms with Crippen LogP contribution >= 0.6 is 0 Å². The molecule has 1 heterocycles. The maximum absolute atomic E-state index is 5.62. The monoisotopic (exact) mass is 267 g/mol. The maximum atomic E-state index is 5.62. The highest BCUT2D eigenvalue weighted by atomic mass is 16.5. The first-order chi connectivity index (χ1) is 9.04. The summed E-state index contributed by atoms with van der Waals surface area (Å²) < 4.78 is 16.7. The molecule has 0 saturated heterocycles. The van der Waals surface area contributed by atoms with Gasteiger partial charge in [-0.3, -0.25) is 0 Å². The van der Waals surface area contributed by atoms with Crippen LogP contribution in [0.15, 0.2) is 16.7 Å². The van der Waals surface area contributed by atoms with Gasteiger partial charge in [0.05, 0.1) is 38.2 Å². The van der Waals surface area contributed by atoms with Gasteiger partial charge in [-0.15, -0.1) is 0 Å². The first-order valence-electron chi connectivity index (χ1n) is 7.05. The van der Waals surface area contributed by atoms with Gasteiger partial charge in [-0.25, -0.2) is 0 Å². The molecule has 0 unspecified atom stereocenters. The fourth-order valence-electron chi connectivity index (χ4n) is 1.76. The zero-order chi connectivity index (χ0) is 13.7. The average molecular weight is 267 g/mol. The van der Waals surface area contributed by atoms with Gasteiger partial charge in [-0.1, -0.05) is 0 Å². The lowest BCUT2D eigenvalue weighted by Crippen LogP contribution is -2.21. The summed E-state index contributed by atoms with van der Waals surface area (Å²) in [6.45, 7) is 8.76. The molecule has 4 nitrogen and oxygen atoms in total. The molecule has 0 radical (unpaired) electrons. The van der Waals surface area contributed by atoms with Crippen molar-refractivity contribution in [1.82, 2.24) is 5.32 Å². The van der Waals surface area contributed by atoms with Crippen LogP contribution in [0, 0.1) is 0 Å². The van der Waals surface area contributed by atoms with Crippen molar-refractivity contribution >= 4 is 0 Å². The van der Waals surface area contributed by atoms with E-state index in [2.05, 4.69) is 5.32 Å². The Kier molecular flexibility index (Phi) is 5.02. The Morgan fingerprint density at radius 2 is 2.11 bits per heavy atom. The zero-order valence-electron chi connectivity index (χ0n) is 12.2. The van der Waals surface area contributed by atoms with E-state index in [-0.39, 0.29) is 5.60 Å². The topological polar surface area (TPSA) is 43.6 Å². The second-order valence-corrected chi connectivity index (χ2v) is 6.04. The highest BCUT2D eigenvalue weighted by molar-refractivity contribution is 5.16. The van der Waals surface area contributed by atoms with Crippen LogP contribution in [0.3, 0.4) is 0 Å². The van der Waals surface area contributed by atoms with Gasteiger partial charge in [-0.2, -0.15) is 0 Å². The number of hydrogen-bond donors (Lipinski definition) is 1. The maximum Gasteiger partial charge on any atom is 0.123 e. The minimum Gasteiger partial charge on any atom is -0.468 e. The van der Waals surface area contributed by atoms with Crippen LogP contribution < -0.4 is 5.32 Å². The molecule has 0 aromatic carbocycles. The zero-order valence-corrected chi connectivity index (χ0v) is 12.2. The van der Waals surface area contributed by atoms with Crippen LogP contribution in [0.25, 0.3) is 0 Å². The molecule has 0 aliphatic heterocycles. The molecular formula is C15H25NO3. The van der Waals surface area contributed by atoms with Gasteiger partial charge >= 0.3 is 0 Å². The normalized spacial score (nSPS) is 15.9. The highest BCUT2D eigenvalue weighted by Crippen LogP contribution is 2.20. The molecule has 4 heteroatoms. The number of hydrogen-bond acceptors (Lipinski definition) is 4. The molecule has 1 fully saturated rings. The van der Waals surface area contributed by atoms with Gasteiger partial charge in [-0.05, 0) is 39.7 Å². The van der Waals surface area contributed by atoms with Crippen molar-refractivity contribution in [2.75, 3.05) is 13.2 Å². The quantitative estimate of drug-likeness (QED) is 0.736. The Balaban J connectivity index is 1.63. The molecule has 0 spiro atoms. The molecule has 0 bridgehead atoms. The number of ether oxygens (including phenoxy) is 2. The van der Waals surface area contributed by atoms with Crippen molar-refractivity contribution in [2.24, 2.45) is 0 Å². The predicted molar refractivity (Wildman–Crippen MR) is 73.9 cm³/mol. The molecule has 108 valence electrons. The van der Waals surface area contributed by atoms with E-state index in [0.29, 0.717) is 25.9 Å². The number of nitrogens with one attached hydrogen (secondary N) is 1. The average Bonchev–Trinajstić information content (AvgIpc) is 3.05. The summed E-state index contributed by atoms with van der Waals surface area (Å²) in [5, 5.41) is 3.45. The van der Waals surface area contributed by atoms with Gasteiger partial charge in [0.1, 0.15) is 5.76 Å². The van der Waals surface area contributed by atoms with Crippen LogP contribution in [0.5, 0.6) is 0 Å². The Morgan fingerprint density at radius 1 is 1.32 bits per heavy atom. The van der Waals surface area contributed by atoms with Crippen LogP contribution in [0.2, 0.25) is 0 Å². The molecule has 1 saturated carbocycles. The van der Waals surface area contributed by atoms with Crippen LogP contribution in [-0.4, -0.2) is 24.9 Å².